The largest absolute Gasteiger partial charge is 0.490 e. The van der Waals surface area contributed by atoms with Gasteiger partial charge in [0.15, 0.2) is 0 Å². The first-order valence-corrected chi connectivity index (χ1v) is 9.67. The highest BCUT2D eigenvalue weighted by Crippen LogP contribution is 2.32. The van der Waals surface area contributed by atoms with Crippen molar-refractivity contribution >= 4 is 17.6 Å². The third kappa shape index (κ3) is 3.93. The molecule has 0 radical (unpaired) electrons. The van der Waals surface area contributed by atoms with Crippen molar-refractivity contribution in [3.63, 3.8) is 0 Å². The number of para-hydroxylation sites is 2. The average molecular weight is 380 g/mol. The fourth-order valence-electron chi connectivity index (χ4n) is 3.74. The second-order valence-electron chi connectivity index (χ2n) is 7.11. The molecule has 1 saturated heterocycles. The lowest BCUT2D eigenvalue weighted by atomic mass is 9.97. The number of piperidine rings is 1. The molecule has 0 spiro atoms. The van der Waals surface area contributed by atoms with E-state index >= 15 is 0 Å². The molecule has 1 N–H and O–H groups in total. The highest BCUT2D eigenvalue weighted by atomic mass is 16.5. The topological polar surface area (TPSA) is 74.8 Å². The maximum Gasteiger partial charge on any atom is 0.324 e. The van der Waals surface area contributed by atoms with Gasteiger partial charge in [0.05, 0.1) is 18.2 Å². The van der Waals surface area contributed by atoms with Crippen LogP contribution in [0.25, 0.3) is 0 Å². The lowest BCUT2D eigenvalue weighted by Crippen LogP contribution is -2.52. The lowest BCUT2D eigenvalue weighted by molar-refractivity contribution is -0.126. The van der Waals surface area contributed by atoms with Gasteiger partial charge in [-0.2, -0.15) is 0 Å². The van der Waals surface area contributed by atoms with Gasteiger partial charge in [-0.05, 0) is 36.6 Å². The summed E-state index contributed by atoms with van der Waals surface area (Å²) in [4.78, 5) is 33.3. The number of carbonyl (C=O) groups excluding carboxylic acids is 2. The Morgan fingerprint density at radius 3 is 2.93 bits per heavy atom. The summed E-state index contributed by atoms with van der Waals surface area (Å²) in [7, 11) is 0. The van der Waals surface area contributed by atoms with E-state index in [1.807, 2.05) is 36.4 Å². The number of benzene rings is 1. The van der Waals surface area contributed by atoms with Crippen molar-refractivity contribution in [2.45, 2.75) is 19.4 Å². The maximum absolute atomic E-state index is 13.1. The van der Waals surface area contributed by atoms with Gasteiger partial charge in [0.1, 0.15) is 12.4 Å². The van der Waals surface area contributed by atoms with Gasteiger partial charge in [-0.25, -0.2) is 4.79 Å². The first-order valence-electron chi connectivity index (χ1n) is 9.67. The first kappa shape index (κ1) is 18.3. The van der Waals surface area contributed by atoms with Gasteiger partial charge in [-0.1, -0.05) is 18.2 Å². The van der Waals surface area contributed by atoms with Crippen molar-refractivity contribution in [1.29, 1.82) is 0 Å². The van der Waals surface area contributed by atoms with Crippen LogP contribution >= 0.6 is 0 Å². The number of aromatic nitrogens is 1. The average Bonchev–Trinajstić information content (AvgIpc) is 2.77. The molecule has 0 bridgehead atoms. The van der Waals surface area contributed by atoms with Gasteiger partial charge in [0.25, 0.3) is 0 Å². The monoisotopic (exact) mass is 380 g/mol. The summed E-state index contributed by atoms with van der Waals surface area (Å²) in [6.07, 6.45) is 5.07. The van der Waals surface area contributed by atoms with Crippen LogP contribution in [0.2, 0.25) is 0 Å². The number of nitrogens with one attached hydrogen (secondary N) is 1. The van der Waals surface area contributed by atoms with Crippen molar-refractivity contribution < 1.29 is 14.3 Å². The minimum Gasteiger partial charge on any atom is -0.490 e. The Morgan fingerprint density at radius 1 is 1.18 bits per heavy atom. The number of nitrogens with zero attached hydrogens (tertiary/aromatic N) is 3. The molecule has 0 saturated carbocycles. The molecule has 2 aliphatic rings. The fraction of sp³-hybridized carbons (Fsp3) is 0.381. The zero-order chi connectivity index (χ0) is 19.3. The number of likely N-dealkylation sites (tertiary alicyclic amines) is 1. The summed E-state index contributed by atoms with van der Waals surface area (Å²) >= 11 is 0. The fourth-order valence-corrected chi connectivity index (χ4v) is 3.74. The summed E-state index contributed by atoms with van der Waals surface area (Å²) in [5.74, 6) is 0.527. The molecule has 146 valence electrons. The molecule has 7 heteroatoms. The standard InChI is InChI=1S/C21H24N4O3/c26-20(23-14-16-5-3-9-22-13-16)17-6-4-10-24(15-17)21(27)25-11-12-28-19-8-2-1-7-18(19)25/h1-3,5,7-9,13,17H,4,6,10-12,14-15H2,(H,23,26)/t17-/m0/s1. The van der Waals surface area contributed by atoms with Crippen LogP contribution < -0.4 is 15.0 Å². The predicted molar refractivity (Wildman–Crippen MR) is 105 cm³/mol. The number of ether oxygens (including phenoxy) is 1. The van der Waals surface area contributed by atoms with E-state index in [9.17, 15) is 9.59 Å². The van der Waals surface area contributed by atoms with Crippen LogP contribution in [0.15, 0.2) is 48.8 Å². The summed E-state index contributed by atoms with van der Waals surface area (Å²) in [5, 5.41) is 2.97. The van der Waals surface area contributed by atoms with E-state index in [1.165, 1.54) is 0 Å². The molecule has 1 aromatic heterocycles. The van der Waals surface area contributed by atoms with Crippen molar-refractivity contribution in [3.05, 3.63) is 54.4 Å². The highest BCUT2D eigenvalue weighted by molar-refractivity contribution is 5.94. The number of carbonyl (C=O) groups is 2. The Bertz CT molecular complexity index is 843. The molecular weight excluding hydrogens is 356 g/mol. The molecule has 28 heavy (non-hydrogen) atoms. The predicted octanol–water partition coefficient (Wildman–Crippen LogP) is 2.43. The summed E-state index contributed by atoms with van der Waals surface area (Å²) in [6.45, 7) is 2.56. The van der Waals surface area contributed by atoms with Crippen molar-refractivity contribution in [3.8, 4) is 5.75 Å². The number of pyridine rings is 1. The quantitative estimate of drug-likeness (QED) is 0.887. The number of rotatable bonds is 3. The Kier molecular flexibility index (Phi) is 5.41. The third-order valence-corrected chi connectivity index (χ3v) is 5.21. The lowest BCUT2D eigenvalue weighted by Gasteiger charge is -2.37. The molecule has 1 aromatic carbocycles. The van der Waals surface area contributed by atoms with Crippen molar-refractivity contribution in [1.82, 2.24) is 15.2 Å². The van der Waals surface area contributed by atoms with Gasteiger partial charge in [0, 0.05) is 32.0 Å². The molecule has 4 rings (SSSR count). The number of hydrogen-bond donors (Lipinski definition) is 1. The number of hydrogen-bond acceptors (Lipinski definition) is 4. The van der Waals surface area contributed by atoms with E-state index in [2.05, 4.69) is 10.3 Å². The van der Waals surface area contributed by atoms with Crippen LogP contribution in [0, 0.1) is 5.92 Å². The molecule has 0 aliphatic carbocycles. The van der Waals surface area contributed by atoms with Gasteiger partial charge >= 0.3 is 6.03 Å². The van der Waals surface area contributed by atoms with Crippen LogP contribution in [-0.2, 0) is 11.3 Å². The van der Waals surface area contributed by atoms with Crippen LogP contribution in [0.4, 0.5) is 10.5 Å². The minimum atomic E-state index is -0.189. The minimum absolute atomic E-state index is 0.0104. The SMILES string of the molecule is O=C(NCc1cccnc1)[C@H]1CCCN(C(=O)N2CCOc3ccccc32)C1. The van der Waals surface area contributed by atoms with Crippen LogP contribution in [0.3, 0.4) is 0 Å². The van der Waals surface area contributed by atoms with E-state index in [-0.39, 0.29) is 17.9 Å². The molecule has 0 unspecified atom stereocenters. The van der Waals surface area contributed by atoms with Crippen molar-refractivity contribution in [2.75, 3.05) is 31.1 Å². The summed E-state index contributed by atoms with van der Waals surface area (Å²) in [6, 6.07) is 11.3. The molecule has 1 fully saturated rings. The molecule has 7 nitrogen and oxygen atoms in total. The van der Waals surface area contributed by atoms with E-state index in [1.54, 1.807) is 22.2 Å². The Labute approximate surface area is 164 Å². The smallest absolute Gasteiger partial charge is 0.324 e. The van der Waals surface area contributed by atoms with Crippen LogP contribution in [-0.4, -0.2) is 48.1 Å². The summed E-state index contributed by atoms with van der Waals surface area (Å²) in [5.41, 5.74) is 1.76. The zero-order valence-corrected chi connectivity index (χ0v) is 15.7. The van der Waals surface area contributed by atoms with Gasteiger partial charge in [0.2, 0.25) is 5.91 Å². The molecule has 3 heterocycles. The molecule has 2 aliphatic heterocycles. The highest BCUT2D eigenvalue weighted by Gasteiger charge is 2.33. The normalized spacial score (nSPS) is 18.8. The number of amides is 3. The van der Waals surface area contributed by atoms with Gasteiger partial charge in [-0.15, -0.1) is 0 Å². The van der Waals surface area contributed by atoms with Gasteiger partial charge < -0.3 is 15.0 Å². The van der Waals surface area contributed by atoms with Crippen LogP contribution in [0.1, 0.15) is 18.4 Å². The van der Waals surface area contributed by atoms with E-state index in [4.69, 9.17) is 4.74 Å². The maximum atomic E-state index is 13.1. The first-order chi connectivity index (χ1) is 13.7. The Morgan fingerprint density at radius 2 is 2.07 bits per heavy atom. The second-order valence-corrected chi connectivity index (χ2v) is 7.11. The zero-order valence-electron chi connectivity index (χ0n) is 15.7. The number of anilines is 1. The van der Waals surface area contributed by atoms with Crippen molar-refractivity contribution in [2.24, 2.45) is 5.92 Å². The van der Waals surface area contributed by atoms with Gasteiger partial charge in [-0.3, -0.25) is 14.7 Å². The van der Waals surface area contributed by atoms with E-state index in [0.29, 0.717) is 32.8 Å². The second kappa shape index (κ2) is 8.29. The molecule has 2 aromatic rings. The Hall–Kier alpha value is -3.09. The Balaban J connectivity index is 1.38. The third-order valence-electron chi connectivity index (χ3n) is 5.21. The molecule has 1 atom stereocenters. The molecule has 3 amide bonds. The number of urea groups is 1. The van der Waals surface area contributed by atoms with E-state index < -0.39 is 0 Å². The molecular formula is C21H24N4O3. The van der Waals surface area contributed by atoms with E-state index in [0.717, 1.165) is 29.8 Å². The number of fused-ring (bicyclic) bond motifs is 1. The summed E-state index contributed by atoms with van der Waals surface area (Å²) < 4.78 is 5.64. The van der Waals surface area contributed by atoms with Crippen LogP contribution in [0.5, 0.6) is 5.75 Å².